The summed E-state index contributed by atoms with van der Waals surface area (Å²) in [5.74, 6) is 2.44. The number of carbonyl (C=O) groups excluding carboxylic acids is 1. The predicted octanol–water partition coefficient (Wildman–Crippen LogP) is -0.909. The Hall–Kier alpha value is 0.130. The predicted molar refractivity (Wildman–Crippen MR) is 57.7 cm³/mol. The Kier molecular flexibility index (Phi) is 5.66. The summed E-state index contributed by atoms with van der Waals surface area (Å²) in [5.41, 5.74) is 0. The maximum atomic E-state index is 10.7. The molecule has 0 amide bonds. The van der Waals surface area contributed by atoms with E-state index in [0.717, 1.165) is 6.54 Å². The van der Waals surface area contributed by atoms with Crippen LogP contribution in [0, 0.1) is 0 Å². The SMILES string of the molecule is O=C(CS)OCC[NH+]1CCSCC1. The first-order valence-electron chi connectivity index (χ1n) is 4.50. The highest BCUT2D eigenvalue weighted by Gasteiger charge is 2.13. The molecule has 0 bridgehead atoms. The average Bonchev–Trinajstić information content (AvgIpc) is 2.19. The molecular formula is C8H16NO2S2+. The van der Waals surface area contributed by atoms with Crippen LogP contribution in [-0.2, 0) is 9.53 Å². The minimum absolute atomic E-state index is 0.186. The Morgan fingerprint density at radius 2 is 2.15 bits per heavy atom. The molecule has 0 saturated carbocycles. The van der Waals surface area contributed by atoms with Crippen LogP contribution < -0.4 is 4.90 Å². The minimum atomic E-state index is -0.214. The fraction of sp³-hybridized carbons (Fsp3) is 0.875. The number of carbonyl (C=O) groups is 1. The van der Waals surface area contributed by atoms with Gasteiger partial charge in [-0.05, 0) is 0 Å². The van der Waals surface area contributed by atoms with Crippen molar-refractivity contribution < 1.29 is 14.4 Å². The smallest absolute Gasteiger partial charge is 0.315 e. The highest BCUT2D eigenvalue weighted by Crippen LogP contribution is 1.97. The van der Waals surface area contributed by atoms with E-state index in [9.17, 15) is 4.79 Å². The molecule has 1 saturated heterocycles. The van der Waals surface area contributed by atoms with E-state index in [1.807, 2.05) is 11.8 Å². The third-order valence-corrected chi connectivity index (χ3v) is 3.29. The molecule has 1 rings (SSSR count). The Morgan fingerprint density at radius 1 is 1.46 bits per heavy atom. The molecule has 0 radical (unpaired) electrons. The molecule has 0 atom stereocenters. The normalized spacial score (nSPS) is 18.5. The molecule has 0 spiro atoms. The number of rotatable bonds is 4. The summed E-state index contributed by atoms with van der Waals surface area (Å²) < 4.78 is 4.95. The molecule has 1 N–H and O–H groups in total. The van der Waals surface area contributed by atoms with Crippen LogP contribution in [0.5, 0.6) is 0 Å². The van der Waals surface area contributed by atoms with Crippen molar-refractivity contribution in [2.45, 2.75) is 0 Å². The van der Waals surface area contributed by atoms with Gasteiger partial charge in [0.1, 0.15) is 13.2 Å². The van der Waals surface area contributed by atoms with E-state index in [1.54, 1.807) is 4.90 Å². The van der Waals surface area contributed by atoms with Crippen LogP contribution in [0.25, 0.3) is 0 Å². The summed E-state index contributed by atoms with van der Waals surface area (Å²) in [5, 5.41) is 0. The Labute approximate surface area is 88.6 Å². The van der Waals surface area contributed by atoms with Crippen molar-refractivity contribution in [1.29, 1.82) is 0 Å². The lowest BCUT2D eigenvalue weighted by molar-refractivity contribution is -0.896. The van der Waals surface area contributed by atoms with E-state index in [0.29, 0.717) is 6.61 Å². The van der Waals surface area contributed by atoms with Gasteiger partial charge in [-0.3, -0.25) is 4.79 Å². The van der Waals surface area contributed by atoms with E-state index in [2.05, 4.69) is 12.6 Å². The zero-order valence-electron chi connectivity index (χ0n) is 7.62. The van der Waals surface area contributed by atoms with Gasteiger partial charge in [-0.2, -0.15) is 24.4 Å². The number of nitrogens with one attached hydrogen (secondary N) is 1. The number of ether oxygens (including phenoxy) is 1. The zero-order chi connectivity index (χ0) is 9.52. The number of thioether (sulfide) groups is 1. The topological polar surface area (TPSA) is 30.7 Å². The van der Waals surface area contributed by atoms with E-state index in [4.69, 9.17) is 4.74 Å². The Morgan fingerprint density at radius 3 is 2.77 bits per heavy atom. The van der Waals surface area contributed by atoms with Crippen molar-refractivity contribution in [2.75, 3.05) is 43.5 Å². The van der Waals surface area contributed by atoms with Crippen molar-refractivity contribution in [3.63, 3.8) is 0 Å². The van der Waals surface area contributed by atoms with Crippen LogP contribution in [0.15, 0.2) is 0 Å². The van der Waals surface area contributed by atoms with Crippen LogP contribution in [0.3, 0.4) is 0 Å². The molecule has 76 valence electrons. The van der Waals surface area contributed by atoms with Gasteiger partial charge in [0.15, 0.2) is 0 Å². The number of thiol groups is 1. The molecule has 1 aliphatic rings. The van der Waals surface area contributed by atoms with Gasteiger partial charge < -0.3 is 9.64 Å². The van der Waals surface area contributed by atoms with Crippen LogP contribution in [0.1, 0.15) is 0 Å². The molecule has 0 aromatic rings. The van der Waals surface area contributed by atoms with Crippen molar-refractivity contribution in [2.24, 2.45) is 0 Å². The van der Waals surface area contributed by atoms with Crippen molar-refractivity contribution in [3.05, 3.63) is 0 Å². The lowest BCUT2D eigenvalue weighted by atomic mass is 10.5. The second-order valence-electron chi connectivity index (χ2n) is 2.99. The zero-order valence-corrected chi connectivity index (χ0v) is 9.33. The molecule has 13 heavy (non-hydrogen) atoms. The van der Waals surface area contributed by atoms with Crippen LogP contribution in [0.2, 0.25) is 0 Å². The summed E-state index contributed by atoms with van der Waals surface area (Å²) in [6.07, 6.45) is 0. The first-order valence-corrected chi connectivity index (χ1v) is 6.29. The van der Waals surface area contributed by atoms with Crippen molar-refractivity contribution in [1.82, 2.24) is 0 Å². The summed E-state index contributed by atoms with van der Waals surface area (Å²) in [6, 6.07) is 0. The van der Waals surface area contributed by atoms with Crippen molar-refractivity contribution in [3.8, 4) is 0 Å². The third kappa shape index (κ3) is 4.78. The summed E-state index contributed by atoms with van der Waals surface area (Å²) >= 11 is 5.83. The average molecular weight is 222 g/mol. The lowest BCUT2D eigenvalue weighted by Crippen LogP contribution is -3.14. The molecule has 1 heterocycles. The van der Waals surface area contributed by atoms with Crippen LogP contribution in [0.4, 0.5) is 0 Å². The first-order chi connectivity index (χ1) is 6.33. The fourth-order valence-electron chi connectivity index (χ4n) is 1.26. The minimum Gasteiger partial charge on any atom is -0.459 e. The van der Waals surface area contributed by atoms with E-state index < -0.39 is 0 Å². The van der Waals surface area contributed by atoms with Crippen LogP contribution >= 0.6 is 24.4 Å². The third-order valence-electron chi connectivity index (χ3n) is 2.05. The highest BCUT2D eigenvalue weighted by molar-refractivity contribution is 7.99. The highest BCUT2D eigenvalue weighted by atomic mass is 32.2. The quantitative estimate of drug-likeness (QED) is 0.477. The molecule has 5 heteroatoms. The molecule has 0 aliphatic carbocycles. The summed E-state index contributed by atoms with van der Waals surface area (Å²) in [4.78, 5) is 12.3. The number of esters is 1. The van der Waals surface area contributed by atoms with E-state index in [1.165, 1.54) is 24.6 Å². The second-order valence-corrected chi connectivity index (χ2v) is 4.53. The molecule has 0 unspecified atom stereocenters. The largest absolute Gasteiger partial charge is 0.459 e. The van der Waals surface area contributed by atoms with Gasteiger partial charge in [0, 0.05) is 11.5 Å². The fourth-order valence-corrected chi connectivity index (χ4v) is 2.43. The molecule has 3 nitrogen and oxygen atoms in total. The van der Waals surface area contributed by atoms with Gasteiger partial charge in [0.2, 0.25) is 0 Å². The Bertz CT molecular complexity index is 160. The van der Waals surface area contributed by atoms with Gasteiger partial charge in [-0.15, -0.1) is 0 Å². The van der Waals surface area contributed by atoms with Crippen molar-refractivity contribution >= 4 is 30.4 Å². The van der Waals surface area contributed by atoms with Gasteiger partial charge in [-0.25, -0.2) is 0 Å². The summed E-state index contributed by atoms with van der Waals surface area (Å²) in [6.45, 7) is 3.88. The van der Waals surface area contributed by atoms with Gasteiger partial charge in [0.25, 0.3) is 0 Å². The number of quaternary nitrogens is 1. The maximum absolute atomic E-state index is 10.7. The Balaban J connectivity index is 2.01. The molecule has 0 aromatic heterocycles. The van der Waals surface area contributed by atoms with Crippen LogP contribution in [-0.4, -0.2) is 49.5 Å². The standard InChI is InChI=1S/C8H15NO2S2/c10-8(7-12)11-4-1-9-2-5-13-6-3-9/h12H,1-7H2/p+1. The summed E-state index contributed by atoms with van der Waals surface area (Å²) in [7, 11) is 0. The molecule has 0 aromatic carbocycles. The van der Waals surface area contributed by atoms with Gasteiger partial charge in [-0.1, -0.05) is 0 Å². The molecular weight excluding hydrogens is 206 g/mol. The number of hydrogen-bond donors (Lipinski definition) is 2. The monoisotopic (exact) mass is 222 g/mol. The lowest BCUT2D eigenvalue weighted by Gasteiger charge is -2.22. The van der Waals surface area contributed by atoms with E-state index in [-0.39, 0.29) is 11.7 Å². The first kappa shape index (κ1) is 11.2. The molecule has 1 fully saturated rings. The van der Waals surface area contributed by atoms with Gasteiger partial charge >= 0.3 is 5.97 Å². The second kappa shape index (κ2) is 6.56. The maximum Gasteiger partial charge on any atom is 0.315 e. The molecule has 1 aliphatic heterocycles. The number of hydrogen-bond acceptors (Lipinski definition) is 4. The van der Waals surface area contributed by atoms with Gasteiger partial charge in [0.05, 0.1) is 18.8 Å². The van der Waals surface area contributed by atoms with E-state index >= 15 is 0 Å².